The quantitative estimate of drug-likeness (QED) is 0.426. The SMILES string of the molecule is N#CC1=C(N)n2c(s/c(=C\c3cccs3)c2=O)=C(C(=O)Nc2ccc(Cl)cc2)C1c1cccs1. The van der Waals surface area contributed by atoms with Gasteiger partial charge in [0.2, 0.25) is 0 Å². The Bertz CT molecular complexity index is 1640. The molecule has 4 heterocycles. The zero-order valence-corrected chi connectivity index (χ0v) is 20.5. The predicted molar refractivity (Wildman–Crippen MR) is 139 cm³/mol. The van der Waals surface area contributed by atoms with E-state index in [0.717, 1.165) is 9.75 Å². The van der Waals surface area contributed by atoms with Crippen LogP contribution in [-0.4, -0.2) is 10.5 Å². The van der Waals surface area contributed by atoms with Gasteiger partial charge in [0.25, 0.3) is 11.5 Å². The molecule has 1 aromatic carbocycles. The Morgan fingerprint density at radius 2 is 1.88 bits per heavy atom. The largest absolute Gasteiger partial charge is 0.384 e. The molecule has 1 unspecified atom stereocenters. The third-order valence-electron chi connectivity index (χ3n) is 5.26. The molecule has 0 aliphatic carbocycles. The van der Waals surface area contributed by atoms with E-state index in [-0.39, 0.29) is 17.0 Å². The molecule has 0 saturated heterocycles. The molecule has 0 bridgehead atoms. The zero-order valence-electron chi connectivity index (χ0n) is 17.3. The van der Waals surface area contributed by atoms with Crippen LogP contribution in [0.5, 0.6) is 0 Å². The summed E-state index contributed by atoms with van der Waals surface area (Å²) in [6.07, 6.45) is 1.77. The summed E-state index contributed by atoms with van der Waals surface area (Å²) in [5.41, 5.74) is 7.03. The molecule has 3 aromatic heterocycles. The summed E-state index contributed by atoms with van der Waals surface area (Å²) in [6, 6.07) is 16.4. The van der Waals surface area contributed by atoms with E-state index in [4.69, 9.17) is 17.3 Å². The van der Waals surface area contributed by atoms with Gasteiger partial charge >= 0.3 is 0 Å². The van der Waals surface area contributed by atoms with Crippen molar-refractivity contribution >= 4 is 74.7 Å². The zero-order chi connectivity index (χ0) is 23.8. The number of nitrogens with zero attached hydrogens (tertiary/aromatic N) is 2. The van der Waals surface area contributed by atoms with Crippen LogP contribution in [0.3, 0.4) is 0 Å². The molecular weight excluding hydrogens is 508 g/mol. The highest BCUT2D eigenvalue weighted by Crippen LogP contribution is 2.38. The second-order valence-corrected chi connectivity index (χ2v) is 10.7. The molecule has 1 aliphatic heterocycles. The second-order valence-electron chi connectivity index (χ2n) is 7.31. The first-order valence-electron chi connectivity index (χ1n) is 9.99. The number of thiazole rings is 1. The number of hydrogen-bond donors (Lipinski definition) is 2. The summed E-state index contributed by atoms with van der Waals surface area (Å²) in [7, 11) is 0. The normalized spacial score (nSPS) is 15.8. The van der Waals surface area contributed by atoms with E-state index in [2.05, 4.69) is 11.4 Å². The molecule has 1 aliphatic rings. The van der Waals surface area contributed by atoms with Gasteiger partial charge in [-0.2, -0.15) is 5.26 Å². The number of benzene rings is 1. The highest BCUT2D eigenvalue weighted by atomic mass is 35.5. The minimum absolute atomic E-state index is 0.0472. The number of nitrogens with one attached hydrogen (secondary N) is 1. The van der Waals surface area contributed by atoms with Crippen molar-refractivity contribution in [1.29, 1.82) is 5.26 Å². The summed E-state index contributed by atoms with van der Waals surface area (Å²) in [5.74, 6) is -1.06. The number of amides is 1. The van der Waals surface area contributed by atoms with Crippen LogP contribution in [0.25, 0.3) is 17.5 Å². The van der Waals surface area contributed by atoms with Crippen LogP contribution in [0.4, 0.5) is 5.69 Å². The molecule has 0 radical (unpaired) electrons. The van der Waals surface area contributed by atoms with Gasteiger partial charge in [0.15, 0.2) is 0 Å². The fourth-order valence-corrected chi connectivity index (χ4v) is 6.61. The lowest BCUT2D eigenvalue weighted by Crippen LogP contribution is -2.40. The standard InChI is InChI=1S/C24H15ClN4O2S3/c25-13-5-7-14(8-6-13)28-22(30)20-19(17-4-2-10-33-17)16(12-26)21(27)29-23(31)18(34-24(20)29)11-15-3-1-9-32-15/h1-11,19H,27H2,(H,28,30)/b18-11-. The Morgan fingerprint density at radius 1 is 1.15 bits per heavy atom. The van der Waals surface area contributed by atoms with Crippen LogP contribution in [0.2, 0.25) is 5.02 Å². The molecular formula is C24H15ClN4O2S3. The molecule has 0 fully saturated rings. The van der Waals surface area contributed by atoms with Crippen molar-refractivity contribution in [3.05, 3.63) is 99.2 Å². The minimum Gasteiger partial charge on any atom is -0.384 e. The maximum Gasteiger partial charge on any atom is 0.274 e. The third kappa shape index (κ3) is 3.91. The van der Waals surface area contributed by atoms with Crippen LogP contribution >= 0.6 is 45.6 Å². The van der Waals surface area contributed by atoms with Gasteiger partial charge in [-0.1, -0.05) is 23.7 Å². The fourth-order valence-electron chi connectivity index (χ4n) is 3.74. The van der Waals surface area contributed by atoms with Gasteiger partial charge in [-0.25, -0.2) is 0 Å². The topological polar surface area (TPSA) is 101 Å². The molecule has 1 atom stereocenters. The Labute approximate surface area is 210 Å². The van der Waals surface area contributed by atoms with Crippen molar-refractivity contribution in [2.45, 2.75) is 5.92 Å². The van der Waals surface area contributed by atoms with Gasteiger partial charge in [-0.3, -0.25) is 14.2 Å². The van der Waals surface area contributed by atoms with E-state index in [0.29, 0.717) is 25.5 Å². The average Bonchev–Trinajstić information content (AvgIpc) is 3.58. The number of carbonyl (C=O) groups excluding carboxylic acids is 1. The molecule has 10 heteroatoms. The lowest BCUT2D eigenvalue weighted by molar-refractivity contribution is -0.111. The number of fused-ring (bicyclic) bond motifs is 1. The van der Waals surface area contributed by atoms with Crippen LogP contribution in [-0.2, 0) is 4.79 Å². The lowest BCUT2D eigenvalue weighted by atomic mass is 9.88. The Morgan fingerprint density at radius 3 is 2.53 bits per heavy atom. The molecule has 34 heavy (non-hydrogen) atoms. The van der Waals surface area contributed by atoms with E-state index in [1.165, 1.54) is 38.6 Å². The number of aromatic nitrogens is 1. The highest BCUT2D eigenvalue weighted by Gasteiger charge is 2.36. The Hall–Kier alpha value is -3.42. The van der Waals surface area contributed by atoms with E-state index >= 15 is 0 Å². The van der Waals surface area contributed by atoms with Gasteiger partial charge in [-0.15, -0.1) is 34.0 Å². The lowest BCUT2D eigenvalue weighted by Gasteiger charge is -2.24. The third-order valence-corrected chi connectivity index (χ3v) is 8.38. The monoisotopic (exact) mass is 522 g/mol. The van der Waals surface area contributed by atoms with Gasteiger partial charge in [0, 0.05) is 20.5 Å². The Balaban J connectivity index is 1.79. The van der Waals surface area contributed by atoms with Crippen molar-refractivity contribution in [2.24, 2.45) is 5.73 Å². The molecule has 0 spiro atoms. The number of allylic oxidation sites excluding steroid dienone is 1. The highest BCUT2D eigenvalue weighted by molar-refractivity contribution is 7.11. The van der Waals surface area contributed by atoms with Crippen molar-refractivity contribution in [3.63, 3.8) is 0 Å². The number of rotatable bonds is 4. The van der Waals surface area contributed by atoms with Gasteiger partial charge in [0.1, 0.15) is 10.5 Å². The summed E-state index contributed by atoms with van der Waals surface area (Å²) < 4.78 is 2.12. The van der Waals surface area contributed by atoms with E-state index in [1.54, 1.807) is 30.3 Å². The van der Waals surface area contributed by atoms with Crippen LogP contribution in [0.1, 0.15) is 15.7 Å². The smallest absolute Gasteiger partial charge is 0.274 e. The summed E-state index contributed by atoms with van der Waals surface area (Å²) in [6.45, 7) is 0. The summed E-state index contributed by atoms with van der Waals surface area (Å²) in [5, 5.41) is 17.2. The molecule has 3 N–H and O–H groups in total. The minimum atomic E-state index is -0.690. The molecule has 6 nitrogen and oxygen atoms in total. The van der Waals surface area contributed by atoms with Gasteiger partial charge in [0.05, 0.1) is 27.7 Å². The van der Waals surface area contributed by atoms with Crippen molar-refractivity contribution in [3.8, 4) is 6.07 Å². The first-order valence-corrected chi connectivity index (χ1v) is 12.9. The van der Waals surface area contributed by atoms with E-state index in [9.17, 15) is 14.9 Å². The van der Waals surface area contributed by atoms with Crippen LogP contribution < -0.4 is 25.8 Å². The van der Waals surface area contributed by atoms with E-state index < -0.39 is 11.8 Å². The first-order chi connectivity index (χ1) is 16.5. The molecule has 5 rings (SSSR count). The average molecular weight is 523 g/mol. The van der Waals surface area contributed by atoms with Crippen molar-refractivity contribution in [2.75, 3.05) is 5.32 Å². The van der Waals surface area contributed by atoms with Crippen molar-refractivity contribution in [1.82, 2.24) is 4.57 Å². The summed E-state index contributed by atoms with van der Waals surface area (Å²) in [4.78, 5) is 28.7. The van der Waals surface area contributed by atoms with Crippen molar-refractivity contribution < 1.29 is 4.79 Å². The number of nitrogens with two attached hydrogens (primary N) is 1. The molecule has 168 valence electrons. The fraction of sp³-hybridized carbons (Fsp3) is 0.0417. The molecule has 4 aromatic rings. The van der Waals surface area contributed by atoms with Gasteiger partial charge < -0.3 is 11.1 Å². The van der Waals surface area contributed by atoms with Gasteiger partial charge in [-0.05, 0) is 53.2 Å². The molecule has 0 saturated carbocycles. The number of hydrogen-bond acceptors (Lipinski definition) is 7. The number of thiophene rings is 2. The second kappa shape index (κ2) is 9.08. The molecule has 1 amide bonds. The number of carbonyl (C=O) groups is 1. The number of halogens is 1. The number of anilines is 1. The van der Waals surface area contributed by atoms with Crippen LogP contribution in [0.15, 0.2) is 69.7 Å². The maximum absolute atomic E-state index is 13.7. The van der Waals surface area contributed by atoms with E-state index in [1.807, 2.05) is 35.0 Å². The number of nitriles is 1. The first kappa shape index (κ1) is 22.4. The Kier molecular flexibility index (Phi) is 5.98. The summed E-state index contributed by atoms with van der Waals surface area (Å²) >= 11 is 10.1. The van der Waals surface area contributed by atoms with Crippen LogP contribution in [0, 0.1) is 11.3 Å². The predicted octanol–water partition coefficient (Wildman–Crippen LogP) is 3.75. The maximum atomic E-state index is 13.7.